The standard InChI is InChI=1S/C14H21N5O.ClH/c1-17-11(6-7-19(2)3)8-10-4-5-13(18-16)12(9-10)14(15)20;/h4-5,9,11,17H,6-8H2,1-3H3,(H-,15,20);1H. The number of nitrogens with two attached hydrogens (primary N) is 1. The summed E-state index contributed by atoms with van der Waals surface area (Å²) in [4.78, 5) is 16.5. The van der Waals surface area contributed by atoms with Gasteiger partial charge in [-0.25, -0.2) is 0 Å². The second-order valence-corrected chi connectivity index (χ2v) is 5.10. The van der Waals surface area contributed by atoms with Gasteiger partial charge in [-0.1, -0.05) is 6.07 Å². The number of primary amides is 1. The van der Waals surface area contributed by atoms with Gasteiger partial charge in [0.2, 0.25) is 5.39 Å². The molecule has 1 rings (SSSR count). The third-order valence-electron chi connectivity index (χ3n) is 3.25. The molecule has 21 heavy (non-hydrogen) atoms. The molecule has 6 nitrogen and oxygen atoms in total. The van der Waals surface area contributed by atoms with Crippen molar-refractivity contribution < 1.29 is 17.2 Å². The van der Waals surface area contributed by atoms with Crippen LogP contribution in [0.3, 0.4) is 0 Å². The quantitative estimate of drug-likeness (QED) is 0.591. The van der Waals surface area contributed by atoms with Gasteiger partial charge in [0.25, 0.3) is 5.91 Å². The summed E-state index contributed by atoms with van der Waals surface area (Å²) in [6, 6.07) is 5.46. The second-order valence-electron chi connectivity index (χ2n) is 5.10. The maximum Gasteiger partial charge on any atom is 0.397 e. The van der Waals surface area contributed by atoms with Crippen molar-refractivity contribution in [2.75, 3.05) is 27.7 Å². The van der Waals surface area contributed by atoms with Crippen molar-refractivity contribution in [1.29, 1.82) is 5.39 Å². The maximum absolute atomic E-state index is 11.3. The van der Waals surface area contributed by atoms with Crippen LogP contribution in [-0.4, -0.2) is 44.5 Å². The number of nitrogens with one attached hydrogen (secondary N) is 1. The largest absolute Gasteiger partial charge is 1.00 e. The van der Waals surface area contributed by atoms with Gasteiger partial charge in [-0.15, -0.1) is 0 Å². The predicted octanol–water partition coefficient (Wildman–Crippen LogP) is -1.64. The minimum absolute atomic E-state index is 0. The van der Waals surface area contributed by atoms with Crippen LogP contribution in [0.5, 0.6) is 0 Å². The van der Waals surface area contributed by atoms with Crippen LogP contribution < -0.4 is 23.5 Å². The van der Waals surface area contributed by atoms with E-state index in [4.69, 9.17) is 11.1 Å². The Morgan fingerprint density at radius 3 is 2.62 bits per heavy atom. The van der Waals surface area contributed by atoms with E-state index in [9.17, 15) is 4.79 Å². The first-order chi connectivity index (χ1) is 9.47. The minimum Gasteiger partial charge on any atom is -1.00 e. The van der Waals surface area contributed by atoms with E-state index >= 15 is 0 Å². The molecule has 0 aliphatic heterocycles. The minimum atomic E-state index is -0.589. The summed E-state index contributed by atoms with van der Waals surface area (Å²) in [5, 5.41) is 12.1. The number of carbonyl (C=O) groups excluding carboxylic acids is 1. The number of rotatable bonds is 7. The molecular weight excluding hydrogens is 290 g/mol. The smallest absolute Gasteiger partial charge is 0.397 e. The highest BCUT2D eigenvalue weighted by Gasteiger charge is 2.19. The molecule has 1 unspecified atom stereocenters. The molecule has 0 heterocycles. The van der Waals surface area contributed by atoms with Crippen LogP contribution in [-0.2, 0) is 6.42 Å². The highest BCUT2D eigenvalue weighted by atomic mass is 35.5. The molecule has 0 saturated heterocycles. The Morgan fingerprint density at radius 1 is 1.48 bits per heavy atom. The summed E-state index contributed by atoms with van der Waals surface area (Å²) in [5.74, 6) is -0.589. The first-order valence-corrected chi connectivity index (χ1v) is 6.57. The summed E-state index contributed by atoms with van der Waals surface area (Å²) in [5.41, 5.74) is 6.73. The van der Waals surface area contributed by atoms with Crippen molar-refractivity contribution in [3.05, 3.63) is 34.3 Å². The van der Waals surface area contributed by atoms with Crippen LogP contribution in [0.15, 0.2) is 18.2 Å². The van der Waals surface area contributed by atoms with E-state index in [1.54, 1.807) is 12.1 Å². The summed E-state index contributed by atoms with van der Waals surface area (Å²) < 4.78 is 0. The van der Waals surface area contributed by atoms with E-state index in [1.807, 2.05) is 27.2 Å². The topological polar surface area (TPSA) is 86.5 Å². The number of nitrogens with zero attached hydrogens (tertiary/aromatic N) is 3. The van der Waals surface area contributed by atoms with Crippen molar-refractivity contribution in [1.82, 2.24) is 10.2 Å². The molecule has 1 aromatic rings. The third kappa shape index (κ3) is 6.08. The molecule has 0 bridgehead atoms. The molecule has 116 valence electrons. The zero-order valence-electron chi connectivity index (χ0n) is 12.6. The first-order valence-electron chi connectivity index (χ1n) is 6.57. The molecule has 0 aliphatic carbocycles. The Bertz CT molecular complexity index is 513. The summed E-state index contributed by atoms with van der Waals surface area (Å²) in [6.07, 6.45) is 1.79. The number of benzene rings is 1. The number of halogens is 1. The van der Waals surface area contributed by atoms with E-state index in [1.165, 1.54) is 0 Å². The van der Waals surface area contributed by atoms with Crippen LogP contribution in [0, 0.1) is 5.39 Å². The Hall–Kier alpha value is -1.68. The molecule has 0 radical (unpaired) electrons. The molecule has 1 aromatic carbocycles. The molecular formula is C14H22ClN5O. The molecule has 3 N–H and O–H groups in total. The predicted molar refractivity (Wildman–Crippen MR) is 79.4 cm³/mol. The zero-order valence-corrected chi connectivity index (χ0v) is 13.4. The van der Waals surface area contributed by atoms with Gasteiger partial charge in [-0.2, -0.15) is 0 Å². The van der Waals surface area contributed by atoms with Gasteiger partial charge in [0.15, 0.2) is 4.98 Å². The Morgan fingerprint density at radius 2 is 2.14 bits per heavy atom. The van der Waals surface area contributed by atoms with Gasteiger partial charge in [0.1, 0.15) is 5.56 Å². The van der Waals surface area contributed by atoms with Gasteiger partial charge in [0.05, 0.1) is 0 Å². The summed E-state index contributed by atoms with van der Waals surface area (Å²) >= 11 is 0. The fraction of sp³-hybridized carbons (Fsp3) is 0.500. The average Bonchev–Trinajstić information content (AvgIpc) is 2.42. The van der Waals surface area contributed by atoms with E-state index < -0.39 is 5.91 Å². The number of diazo groups is 1. The molecule has 0 fully saturated rings. The Balaban J connectivity index is 0.00000400. The lowest BCUT2D eigenvalue weighted by atomic mass is 10.00. The molecule has 0 aromatic heterocycles. The van der Waals surface area contributed by atoms with E-state index in [0.717, 1.165) is 24.9 Å². The number of hydrogen-bond donors (Lipinski definition) is 2. The van der Waals surface area contributed by atoms with Crippen LogP contribution >= 0.6 is 0 Å². The van der Waals surface area contributed by atoms with E-state index in [0.29, 0.717) is 6.04 Å². The Labute approximate surface area is 131 Å². The van der Waals surface area contributed by atoms with Crippen molar-refractivity contribution in [2.24, 2.45) is 5.73 Å². The highest BCUT2D eigenvalue weighted by molar-refractivity contribution is 5.98. The van der Waals surface area contributed by atoms with Crippen molar-refractivity contribution in [2.45, 2.75) is 18.9 Å². The van der Waals surface area contributed by atoms with Crippen molar-refractivity contribution >= 4 is 11.6 Å². The van der Waals surface area contributed by atoms with Crippen molar-refractivity contribution in [3.8, 4) is 0 Å². The lowest BCUT2D eigenvalue weighted by Gasteiger charge is -2.18. The lowest BCUT2D eigenvalue weighted by molar-refractivity contribution is -0.0000129. The lowest BCUT2D eigenvalue weighted by Crippen LogP contribution is -3.00. The molecule has 0 saturated carbocycles. The number of amides is 1. The molecule has 0 aliphatic rings. The average molecular weight is 312 g/mol. The monoisotopic (exact) mass is 311 g/mol. The number of hydrogen-bond acceptors (Lipinski definition) is 4. The zero-order chi connectivity index (χ0) is 15.1. The van der Waals surface area contributed by atoms with Gasteiger partial charge in [0, 0.05) is 12.1 Å². The maximum atomic E-state index is 11.3. The number of likely N-dealkylation sites (N-methyl/N-ethyl adjacent to an activating group) is 1. The van der Waals surface area contributed by atoms with Crippen molar-refractivity contribution in [3.63, 3.8) is 0 Å². The second kappa shape index (κ2) is 9.29. The molecule has 1 amide bonds. The number of carbonyl (C=O) groups is 1. The van der Waals surface area contributed by atoms with Crippen LogP contribution in [0.2, 0.25) is 0 Å². The fourth-order valence-corrected chi connectivity index (χ4v) is 2.04. The van der Waals surface area contributed by atoms with Crippen LogP contribution in [0.1, 0.15) is 22.3 Å². The van der Waals surface area contributed by atoms with Gasteiger partial charge in [-0.05, 0) is 52.2 Å². The van der Waals surface area contributed by atoms with Gasteiger partial charge < -0.3 is 28.4 Å². The van der Waals surface area contributed by atoms with Crippen LogP contribution in [0.4, 0.5) is 5.69 Å². The summed E-state index contributed by atoms with van der Waals surface area (Å²) in [6.45, 7) is 0.984. The van der Waals surface area contributed by atoms with E-state index in [-0.39, 0.29) is 23.7 Å². The SMILES string of the molecule is CNC(CCN(C)C)Cc1ccc([N+]#N)c(C(N)=O)c1.[Cl-]. The van der Waals surface area contributed by atoms with Gasteiger partial charge in [-0.3, -0.25) is 4.79 Å². The first kappa shape index (κ1) is 19.3. The normalized spacial score (nSPS) is 11.6. The van der Waals surface area contributed by atoms with Gasteiger partial charge >= 0.3 is 5.69 Å². The van der Waals surface area contributed by atoms with Crippen LogP contribution in [0.25, 0.3) is 4.98 Å². The molecule has 0 spiro atoms. The summed E-state index contributed by atoms with van der Waals surface area (Å²) in [7, 11) is 6.00. The Kier molecular flexibility index (Phi) is 8.55. The molecule has 1 atom stereocenters. The fourth-order valence-electron chi connectivity index (χ4n) is 2.04. The molecule has 7 heteroatoms. The highest BCUT2D eigenvalue weighted by Crippen LogP contribution is 2.21. The van der Waals surface area contributed by atoms with E-state index in [2.05, 4.69) is 15.2 Å². The third-order valence-corrected chi connectivity index (χ3v) is 3.25.